The highest BCUT2D eigenvalue weighted by Crippen LogP contribution is 2.19. The Morgan fingerprint density at radius 1 is 1.25 bits per heavy atom. The van der Waals surface area contributed by atoms with Gasteiger partial charge in [-0.05, 0) is 36.8 Å². The monoisotopic (exact) mass is 294 g/mol. The van der Waals surface area contributed by atoms with Crippen LogP contribution in [-0.4, -0.2) is 19.9 Å². The third-order valence-corrected chi connectivity index (χ3v) is 4.40. The van der Waals surface area contributed by atoms with Crippen LogP contribution >= 0.6 is 0 Å². The minimum Gasteiger partial charge on any atom is -0.308 e. The van der Waals surface area contributed by atoms with Crippen LogP contribution in [0.5, 0.6) is 0 Å². The van der Waals surface area contributed by atoms with Gasteiger partial charge in [0.2, 0.25) is 10.0 Å². The molecular formula is C13H18N4O2S. The van der Waals surface area contributed by atoms with Crippen molar-refractivity contribution in [2.24, 2.45) is 5.84 Å². The number of rotatable bonds is 6. The number of nitrogens with zero attached hydrogens (tertiary/aromatic N) is 1. The average Bonchev–Trinajstić information content (AvgIpc) is 2.46. The Kier molecular flexibility index (Phi) is 4.53. The van der Waals surface area contributed by atoms with E-state index in [9.17, 15) is 8.42 Å². The molecule has 6 nitrogen and oxygen atoms in total. The van der Waals surface area contributed by atoms with Gasteiger partial charge < -0.3 is 5.43 Å². The molecule has 0 bridgehead atoms. The van der Waals surface area contributed by atoms with Crippen LogP contribution < -0.4 is 16.0 Å². The van der Waals surface area contributed by atoms with Crippen LogP contribution in [0.1, 0.15) is 19.8 Å². The van der Waals surface area contributed by atoms with E-state index >= 15 is 0 Å². The zero-order valence-corrected chi connectivity index (χ0v) is 12.1. The highest BCUT2D eigenvalue weighted by atomic mass is 32.2. The molecule has 0 spiro atoms. The van der Waals surface area contributed by atoms with Crippen molar-refractivity contribution in [3.63, 3.8) is 0 Å². The first-order valence-corrected chi connectivity index (χ1v) is 7.92. The van der Waals surface area contributed by atoms with Crippen LogP contribution in [0.25, 0.3) is 10.9 Å². The van der Waals surface area contributed by atoms with Gasteiger partial charge in [0.15, 0.2) is 0 Å². The molecule has 0 saturated heterocycles. The second-order valence-corrected chi connectivity index (χ2v) is 6.21. The maximum atomic E-state index is 12.1. The first-order valence-electron chi connectivity index (χ1n) is 6.44. The van der Waals surface area contributed by atoms with Crippen molar-refractivity contribution < 1.29 is 8.42 Å². The molecule has 0 aliphatic rings. The Morgan fingerprint density at radius 2 is 2.05 bits per heavy atom. The smallest absolute Gasteiger partial charge is 0.240 e. The highest BCUT2D eigenvalue weighted by Gasteiger charge is 2.13. The summed E-state index contributed by atoms with van der Waals surface area (Å²) in [5, 5.41) is 0.752. The summed E-state index contributed by atoms with van der Waals surface area (Å²) < 4.78 is 26.8. The van der Waals surface area contributed by atoms with E-state index in [0.29, 0.717) is 17.9 Å². The number of nitrogens with two attached hydrogens (primary N) is 1. The number of hydrazine groups is 1. The van der Waals surface area contributed by atoms with Gasteiger partial charge >= 0.3 is 0 Å². The summed E-state index contributed by atoms with van der Waals surface area (Å²) in [5.74, 6) is 5.83. The molecule has 2 aromatic rings. The van der Waals surface area contributed by atoms with Crippen molar-refractivity contribution in [2.45, 2.75) is 24.7 Å². The van der Waals surface area contributed by atoms with E-state index in [1.807, 2.05) is 6.92 Å². The van der Waals surface area contributed by atoms with Gasteiger partial charge in [0.05, 0.1) is 10.4 Å². The Hall–Kier alpha value is -1.70. The van der Waals surface area contributed by atoms with E-state index < -0.39 is 10.0 Å². The lowest BCUT2D eigenvalue weighted by Gasteiger charge is -2.07. The molecule has 0 radical (unpaired) electrons. The molecule has 2 rings (SSSR count). The molecule has 0 atom stereocenters. The van der Waals surface area contributed by atoms with Gasteiger partial charge in [-0.1, -0.05) is 13.3 Å². The summed E-state index contributed by atoms with van der Waals surface area (Å²) in [7, 11) is -3.46. The normalized spacial score (nSPS) is 11.7. The maximum absolute atomic E-state index is 12.1. The second kappa shape index (κ2) is 6.17. The third kappa shape index (κ3) is 3.24. The topological polar surface area (TPSA) is 97.1 Å². The van der Waals surface area contributed by atoms with Crippen molar-refractivity contribution in [2.75, 3.05) is 12.0 Å². The summed E-state index contributed by atoms with van der Waals surface area (Å²) in [6.07, 6.45) is 1.76. The molecule has 0 aliphatic carbocycles. The predicted octanol–water partition coefficient (Wildman–Crippen LogP) is 1.60. The zero-order chi connectivity index (χ0) is 14.6. The Bertz CT molecular complexity index is 701. The van der Waals surface area contributed by atoms with Gasteiger partial charge in [-0.3, -0.25) is 0 Å². The molecule has 0 aliphatic heterocycles. The van der Waals surface area contributed by atoms with Crippen molar-refractivity contribution in [1.29, 1.82) is 0 Å². The molecule has 0 unspecified atom stereocenters. The quantitative estimate of drug-likeness (QED) is 0.427. The SMILES string of the molecule is CCCCNS(=O)(=O)c1ccc2nc(NN)ccc2c1. The molecular weight excluding hydrogens is 276 g/mol. The molecule has 0 saturated carbocycles. The Labute approximate surface area is 118 Å². The van der Waals surface area contributed by atoms with Gasteiger partial charge in [0, 0.05) is 11.9 Å². The van der Waals surface area contributed by atoms with Gasteiger partial charge in [-0.15, -0.1) is 0 Å². The zero-order valence-electron chi connectivity index (χ0n) is 11.3. The number of fused-ring (bicyclic) bond motifs is 1. The summed E-state index contributed by atoms with van der Waals surface area (Å²) in [6, 6.07) is 8.30. The molecule has 1 heterocycles. The van der Waals surface area contributed by atoms with Crippen LogP contribution in [0.2, 0.25) is 0 Å². The molecule has 1 aromatic heterocycles. The summed E-state index contributed by atoms with van der Waals surface area (Å²) in [5.41, 5.74) is 3.14. The van der Waals surface area contributed by atoms with Crippen LogP contribution in [-0.2, 0) is 10.0 Å². The van der Waals surface area contributed by atoms with Gasteiger partial charge in [0.1, 0.15) is 5.82 Å². The van der Waals surface area contributed by atoms with E-state index in [1.165, 1.54) is 0 Å². The summed E-state index contributed by atoms with van der Waals surface area (Å²) in [4.78, 5) is 4.49. The fraction of sp³-hybridized carbons (Fsp3) is 0.308. The lowest BCUT2D eigenvalue weighted by atomic mass is 10.2. The standard InChI is InChI=1S/C13H18N4O2S/c1-2-3-8-15-20(18,19)11-5-6-12-10(9-11)4-7-13(16-12)17-14/h4-7,9,15H,2-3,8,14H2,1H3,(H,16,17). The number of aromatic nitrogens is 1. The van der Waals surface area contributed by atoms with E-state index in [0.717, 1.165) is 18.2 Å². The molecule has 4 N–H and O–H groups in total. The number of anilines is 1. The van der Waals surface area contributed by atoms with Crippen molar-refractivity contribution in [3.8, 4) is 0 Å². The van der Waals surface area contributed by atoms with Gasteiger partial charge in [0.25, 0.3) is 0 Å². The Balaban J connectivity index is 2.31. The van der Waals surface area contributed by atoms with Gasteiger partial charge in [-0.25, -0.2) is 24.0 Å². The van der Waals surface area contributed by atoms with Crippen LogP contribution in [0.3, 0.4) is 0 Å². The van der Waals surface area contributed by atoms with Crippen molar-refractivity contribution in [3.05, 3.63) is 30.3 Å². The average molecular weight is 294 g/mol. The van der Waals surface area contributed by atoms with E-state index in [2.05, 4.69) is 15.1 Å². The second-order valence-electron chi connectivity index (χ2n) is 4.45. The fourth-order valence-corrected chi connectivity index (χ4v) is 2.93. The minimum atomic E-state index is -3.46. The van der Waals surface area contributed by atoms with E-state index in [-0.39, 0.29) is 4.90 Å². The number of sulfonamides is 1. The molecule has 0 amide bonds. The van der Waals surface area contributed by atoms with Crippen LogP contribution in [0.4, 0.5) is 5.82 Å². The van der Waals surface area contributed by atoms with Crippen LogP contribution in [0, 0.1) is 0 Å². The summed E-state index contributed by atoms with van der Waals surface area (Å²) in [6.45, 7) is 2.46. The molecule has 7 heteroatoms. The number of pyridine rings is 1. The number of nitrogens with one attached hydrogen (secondary N) is 2. The molecule has 0 fully saturated rings. The lowest BCUT2D eigenvalue weighted by Crippen LogP contribution is -2.24. The fourth-order valence-electron chi connectivity index (χ4n) is 1.82. The molecule has 1 aromatic carbocycles. The van der Waals surface area contributed by atoms with Crippen molar-refractivity contribution >= 4 is 26.7 Å². The number of hydrogen-bond donors (Lipinski definition) is 3. The third-order valence-electron chi connectivity index (χ3n) is 2.94. The number of benzene rings is 1. The first-order chi connectivity index (χ1) is 9.56. The number of hydrogen-bond acceptors (Lipinski definition) is 5. The first kappa shape index (κ1) is 14.7. The summed E-state index contributed by atoms with van der Waals surface area (Å²) >= 11 is 0. The molecule has 20 heavy (non-hydrogen) atoms. The minimum absolute atomic E-state index is 0.247. The Morgan fingerprint density at radius 3 is 2.75 bits per heavy atom. The van der Waals surface area contributed by atoms with E-state index in [4.69, 9.17) is 5.84 Å². The number of nitrogen functional groups attached to an aromatic ring is 1. The number of unbranched alkanes of at least 4 members (excludes halogenated alkanes) is 1. The van der Waals surface area contributed by atoms with Crippen molar-refractivity contribution in [1.82, 2.24) is 9.71 Å². The highest BCUT2D eigenvalue weighted by molar-refractivity contribution is 7.89. The maximum Gasteiger partial charge on any atom is 0.240 e. The predicted molar refractivity (Wildman–Crippen MR) is 79.6 cm³/mol. The molecule has 108 valence electrons. The van der Waals surface area contributed by atoms with E-state index in [1.54, 1.807) is 30.3 Å². The largest absolute Gasteiger partial charge is 0.308 e. The lowest BCUT2D eigenvalue weighted by molar-refractivity contribution is 0.578. The van der Waals surface area contributed by atoms with Gasteiger partial charge in [-0.2, -0.15) is 0 Å². The van der Waals surface area contributed by atoms with Crippen LogP contribution in [0.15, 0.2) is 35.2 Å².